The van der Waals surface area contributed by atoms with Gasteiger partial charge in [-0.1, -0.05) is 66.7 Å². The predicted molar refractivity (Wildman–Crippen MR) is 71.2 cm³/mol. The first kappa shape index (κ1) is 15.0. The van der Waals surface area contributed by atoms with Crippen LogP contribution in [0.1, 0.15) is 79.6 Å². The smallest absolute Gasteiger partial charge is 0.0412 e. The minimum atomic E-state index is 0.939. The van der Waals surface area contributed by atoms with Crippen molar-refractivity contribution >= 4 is 0 Å². The Kier molecular flexibility index (Phi) is 9.24. The van der Waals surface area contributed by atoms with Crippen LogP contribution in [0.5, 0.6) is 0 Å². The molecule has 0 fully saturated rings. The van der Waals surface area contributed by atoms with Gasteiger partial charge in [0.15, 0.2) is 0 Å². The van der Waals surface area contributed by atoms with E-state index < -0.39 is 0 Å². The number of hydrogen-bond donors (Lipinski definition) is 0. The molecule has 0 aromatic heterocycles. The largest absolute Gasteiger partial charge is 0.0654 e. The van der Waals surface area contributed by atoms with Gasteiger partial charge in [0.1, 0.15) is 0 Å². The molecular weight excluding hydrogens is 180 g/mol. The van der Waals surface area contributed by atoms with E-state index in [1.165, 1.54) is 44.9 Å². The molecular formula is C15H32. The first-order chi connectivity index (χ1) is 7.17. The van der Waals surface area contributed by atoms with E-state index in [2.05, 4.69) is 34.6 Å². The van der Waals surface area contributed by atoms with Gasteiger partial charge in [0, 0.05) is 0 Å². The van der Waals surface area contributed by atoms with Crippen LogP contribution in [0.15, 0.2) is 0 Å². The lowest BCUT2D eigenvalue weighted by Crippen LogP contribution is -2.11. The highest BCUT2D eigenvalue weighted by atomic mass is 14.2. The van der Waals surface area contributed by atoms with Crippen LogP contribution in [-0.4, -0.2) is 0 Å². The van der Waals surface area contributed by atoms with Gasteiger partial charge in [-0.25, -0.2) is 0 Å². The fourth-order valence-electron chi connectivity index (χ4n) is 2.70. The molecule has 0 bridgehead atoms. The van der Waals surface area contributed by atoms with Crippen LogP contribution in [0.2, 0.25) is 0 Å². The Morgan fingerprint density at radius 2 is 1.27 bits per heavy atom. The van der Waals surface area contributed by atoms with Crippen molar-refractivity contribution in [3.63, 3.8) is 0 Å². The Morgan fingerprint density at radius 1 is 0.733 bits per heavy atom. The van der Waals surface area contributed by atoms with Gasteiger partial charge >= 0.3 is 0 Å². The summed E-state index contributed by atoms with van der Waals surface area (Å²) in [5.41, 5.74) is 0. The van der Waals surface area contributed by atoms with Crippen molar-refractivity contribution in [2.75, 3.05) is 0 Å². The third kappa shape index (κ3) is 6.98. The summed E-state index contributed by atoms with van der Waals surface area (Å²) >= 11 is 0. The normalized spacial score (nSPS) is 15.6. The molecule has 0 aliphatic carbocycles. The molecule has 0 heteroatoms. The second-order valence-corrected chi connectivity index (χ2v) is 5.32. The average Bonchev–Trinajstić information content (AvgIpc) is 2.24. The second kappa shape index (κ2) is 9.24. The summed E-state index contributed by atoms with van der Waals surface area (Å²) in [7, 11) is 0. The van der Waals surface area contributed by atoms with E-state index in [-0.39, 0.29) is 0 Å². The minimum absolute atomic E-state index is 0.939. The molecule has 0 amide bonds. The van der Waals surface area contributed by atoms with Gasteiger partial charge in [-0.2, -0.15) is 0 Å². The third-order valence-corrected chi connectivity index (χ3v) is 3.92. The van der Waals surface area contributed by atoms with E-state index in [4.69, 9.17) is 0 Å². The average molecular weight is 212 g/mol. The van der Waals surface area contributed by atoms with E-state index in [0.29, 0.717) is 0 Å². The molecule has 0 aromatic carbocycles. The minimum Gasteiger partial charge on any atom is -0.0654 e. The van der Waals surface area contributed by atoms with E-state index >= 15 is 0 Å². The van der Waals surface area contributed by atoms with Gasteiger partial charge in [-0.15, -0.1) is 0 Å². The molecule has 0 N–H and O–H groups in total. The number of hydrogen-bond acceptors (Lipinski definition) is 0. The van der Waals surface area contributed by atoms with Crippen molar-refractivity contribution in [3.8, 4) is 0 Å². The highest BCUT2D eigenvalue weighted by molar-refractivity contribution is 4.67. The summed E-state index contributed by atoms with van der Waals surface area (Å²) in [4.78, 5) is 0. The van der Waals surface area contributed by atoms with Crippen LogP contribution in [-0.2, 0) is 0 Å². The highest BCUT2D eigenvalue weighted by Crippen LogP contribution is 2.27. The zero-order chi connectivity index (χ0) is 11.7. The zero-order valence-corrected chi connectivity index (χ0v) is 11.7. The monoisotopic (exact) mass is 212 g/mol. The molecule has 0 nitrogen and oxygen atoms in total. The quantitative estimate of drug-likeness (QED) is 0.462. The SMILES string of the molecule is CCCC(C)CC(CC)CC(CC)CC. The highest BCUT2D eigenvalue weighted by Gasteiger charge is 2.15. The van der Waals surface area contributed by atoms with E-state index in [0.717, 1.165) is 17.8 Å². The molecule has 92 valence electrons. The first-order valence-electron chi connectivity index (χ1n) is 7.17. The van der Waals surface area contributed by atoms with Crippen LogP contribution in [0.3, 0.4) is 0 Å². The fraction of sp³-hybridized carbons (Fsp3) is 1.00. The maximum atomic E-state index is 2.43. The Bertz CT molecular complexity index is 124. The maximum Gasteiger partial charge on any atom is -0.0412 e. The van der Waals surface area contributed by atoms with Crippen LogP contribution in [0.4, 0.5) is 0 Å². The molecule has 0 saturated heterocycles. The van der Waals surface area contributed by atoms with E-state index in [1.807, 2.05) is 0 Å². The molecule has 0 aliphatic rings. The topological polar surface area (TPSA) is 0 Å². The van der Waals surface area contributed by atoms with Crippen LogP contribution in [0.25, 0.3) is 0 Å². The molecule has 0 aliphatic heterocycles. The molecule has 15 heavy (non-hydrogen) atoms. The van der Waals surface area contributed by atoms with Crippen molar-refractivity contribution in [1.29, 1.82) is 0 Å². The summed E-state index contributed by atoms with van der Waals surface area (Å²) in [5.74, 6) is 2.90. The lowest BCUT2D eigenvalue weighted by Gasteiger charge is -2.23. The van der Waals surface area contributed by atoms with Gasteiger partial charge in [0.2, 0.25) is 0 Å². The van der Waals surface area contributed by atoms with Gasteiger partial charge in [0.05, 0.1) is 0 Å². The molecule has 2 atom stereocenters. The number of rotatable bonds is 9. The summed E-state index contributed by atoms with van der Waals surface area (Å²) in [6.07, 6.45) is 9.81. The van der Waals surface area contributed by atoms with Crippen LogP contribution >= 0.6 is 0 Å². The zero-order valence-electron chi connectivity index (χ0n) is 11.7. The van der Waals surface area contributed by atoms with Crippen molar-refractivity contribution < 1.29 is 0 Å². The van der Waals surface area contributed by atoms with Gasteiger partial charge in [-0.05, 0) is 30.6 Å². The Labute approximate surface area is 97.8 Å². The molecule has 0 aromatic rings. The molecule has 0 saturated carbocycles. The molecule has 2 unspecified atom stereocenters. The van der Waals surface area contributed by atoms with E-state index in [1.54, 1.807) is 0 Å². The predicted octanol–water partition coefficient (Wildman–Crippen LogP) is 5.67. The fourth-order valence-corrected chi connectivity index (χ4v) is 2.70. The maximum absolute atomic E-state index is 2.43. The standard InChI is InChI=1S/C15H32/c1-6-10-13(5)11-15(9-4)12-14(7-2)8-3/h13-15H,6-12H2,1-5H3. The first-order valence-corrected chi connectivity index (χ1v) is 7.17. The van der Waals surface area contributed by atoms with Crippen molar-refractivity contribution in [3.05, 3.63) is 0 Å². The molecule has 0 rings (SSSR count). The molecule has 0 radical (unpaired) electrons. The summed E-state index contributed by atoms with van der Waals surface area (Å²) in [5, 5.41) is 0. The van der Waals surface area contributed by atoms with Gasteiger partial charge in [-0.3, -0.25) is 0 Å². The Morgan fingerprint density at radius 3 is 1.67 bits per heavy atom. The lowest BCUT2D eigenvalue weighted by molar-refractivity contribution is 0.287. The summed E-state index contributed by atoms with van der Waals surface area (Å²) in [6.45, 7) is 11.8. The van der Waals surface area contributed by atoms with E-state index in [9.17, 15) is 0 Å². The third-order valence-electron chi connectivity index (χ3n) is 3.92. The summed E-state index contributed by atoms with van der Waals surface area (Å²) < 4.78 is 0. The Balaban J connectivity index is 3.90. The summed E-state index contributed by atoms with van der Waals surface area (Å²) in [6, 6.07) is 0. The van der Waals surface area contributed by atoms with Crippen LogP contribution in [0, 0.1) is 17.8 Å². The molecule has 0 spiro atoms. The van der Waals surface area contributed by atoms with Crippen molar-refractivity contribution in [2.24, 2.45) is 17.8 Å². The molecule has 0 heterocycles. The van der Waals surface area contributed by atoms with Crippen molar-refractivity contribution in [1.82, 2.24) is 0 Å². The van der Waals surface area contributed by atoms with Crippen molar-refractivity contribution in [2.45, 2.75) is 79.6 Å². The second-order valence-electron chi connectivity index (χ2n) is 5.32. The lowest BCUT2D eigenvalue weighted by atomic mass is 9.83. The van der Waals surface area contributed by atoms with Gasteiger partial charge in [0.25, 0.3) is 0 Å². The Hall–Kier alpha value is 0. The van der Waals surface area contributed by atoms with Gasteiger partial charge < -0.3 is 0 Å². The van der Waals surface area contributed by atoms with Crippen LogP contribution < -0.4 is 0 Å².